The van der Waals surface area contributed by atoms with Crippen molar-refractivity contribution in [3.63, 3.8) is 0 Å². The van der Waals surface area contributed by atoms with Gasteiger partial charge >= 0.3 is 0 Å². The van der Waals surface area contributed by atoms with Crippen molar-refractivity contribution in [1.29, 1.82) is 0 Å². The van der Waals surface area contributed by atoms with Gasteiger partial charge < -0.3 is 10.1 Å². The standard InChI is InChI=1S/C28H32N2O2/c1-4-5-8-19-32-24-17-15-23(16-18-24)30-27(22-13-11-21(12-14-22)20(2)3)29-26-10-7-6-9-25(26)28(30)31/h6-7,9-18,20,27,29H,4-5,8,19H2,1-3H3/t27-/m1/s1. The number of carbonyl (C=O) groups excluding carboxylic acids is 1. The molecule has 4 rings (SSSR count). The maximum atomic E-state index is 13.6. The van der Waals surface area contributed by atoms with E-state index in [0.717, 1.165) is 35.7 Å². The van der Waals surface area contributed by atoms with Gasteiger partial charge in [-0.3, -0.25) is 9.69 Å². The van der Waals surface area contributed by atoms with Crippen LogP contribution in [0.25, 0.3) is 0 Å². The Morgan fingerprint density at radius 1 is 0.938 bits per heavy atom. The summed E-state index contributed by atoms with van der Waals surface area (Å²) in [5.74, 6) is 1.29. The van der Waals surface area contributed by atoms with Crippen LogP contribution in [0.15, 0.2) is 72.8 Å². The molecule has 0 saturated heterocycles. The zero-order chi connectivity index (χ0) is 22.5. The minimum Gasteiger partial charge on any atom is -0.494 e. The second kappa shape index (κ2) is 9.90. The number of benzene rings is 3. The second-order valence-electron chi connectivity index (χ2n) is 8.64. The maximum absolute atomic E-state index is 13.6. The molecule has 1 aliphatic heterocycles. The number of carbonyl (C=O) groups is 1. The van der Waals surface area contributed by atoms with E-state index in [1.807, 2.05) is 53.4 Å². The van der Waals surface area contributed by atoms with Crippen molar-refractivity contribution in [1.82, 2.24) is 0 Å². The number of rotatable bonds is 8. The molecule has 0 fully saturated rings. The zero-order valence-corrected chi connectivity index (χ0v) is 19.2. The van der Waals surface area contributed by atoms with Gasteiger partial charge in [-0.1, -0.05) is 70.0 Å². The van der Waals surface area contributed by atoms with Crippen molar-refractivity contribution in [2.24, 2.45) is 0 Å². The number of unbranched alkanes of at least 4 members (excludes halogenated alkanes) is 2. The summed E-state index contributed by atoms with van der Waals surface area (Å²) in [7, 11) is 0. The lowest BCUT2D eigenvalue weighted by Crippen LogP contribution is -2.43. The summed E-state index contributed by atoms with van der Waals surface area (Å²) < 4.78 is 5.86. The van der Waals surface area contributed by atoms with E-state index in [0.29, 0.717) is 11.5 Å². The minimum absolute atomic E-state index is 0.00565. The number of anilines is 2. The fraction of sp³-hybridized carbons (Fsp3) is 0.321. The van der Waals surface area contributed by atoms with Crippen LogP contribution < -0.4 is 15.0 Å². The van der Waals surface area contributed by atoms with Gasteiger partial charge in [0.1, 0.15) is 11.9 Å². The molecule has 0 spiro atoms. The number of nitrogens with zero attached hydrogens (tertiary/aromatic N) is 1. The summed E-state index contributed by atoms with van der Waals surface area (Å²) in [6.07, 6.45) is 3.11. The Kier molecular flexibility index (Phi) is 6.79. The van der Waals surface area contributed by atoms with Crippen LogP contribution in [0.4, 0.5) is 11.4 Å². The molecular formula is C28H32N2O2. The molecule has 0 bridgehead atoms. The predicted octanol–water partition coefficient (Wildman–Crippen LogP) is 7.15. The second-order valence-corrected chi connectivity index (χ2v) is 8.64. The molecular weight excluding hydrogens is 396 g/mol. The molecule has 32 heavy (non-hydrogen) atoms. The molecule has 0 radical (unpaired) electrons. The molecule has 3 aromatic carbocycles. The van der Waals surface area contributed by atoms with E-state index >= 15 is 0 Å². The lowest BCUT2D eigenvalue weighted by molar-refractivity contribution is 0.0975. The molecule has 0 saturated carbocycles. The van der Waals surface area contributed by atoms with Crippen LogP contribution in [0.1, 0.15) is 73.6 Å². The first-order valence-electron chi connectivity index (χ1n) is 11.6. The van der Waals surface area contributed by atoms with Crippen molar-refractivity contribution in [3.05, 3.63) is 89.5 Å². The van der Waals surface area contributed by atoms with E-state index in [1.54, 1.807) is 0 Å². The van der Waals surface area contributed by atoms with E-state index < -0.39 is 0 Å². The van der Waals surface area contributed by atoms with Crippen LogP contribution in [0.2, 0.25) is 0 Å². The Bertz CT molecular complexity index is 1040. The highest BCUT2D eigenvalue weighted by atomic mass is 16.5. The molecule has 0 unspecified atom stereocenters. The van der Waals surface area contributed by atoms with Crippen molar-refractivity contribution < 1.29 is 9.53 Å². The van der Waals surface area contributed by atoms with Gasteiger partial charge in [0.05, 0.1) is 12.2 Å². The van der Waals surface area contributed by atoms with Gasteiger partial charge in [-0.25, -0.2) is 0 Å². The van der Waals surface area contributed by atoms with Crippen molar-refractivity contribution >= 4 is 17.3 Å². The average molecular weight is 429 g/mol. The molecule has 4 nitrogen and oxygen atoms in total. The molecule has 1 amide bonds. The highest BCUT2D eigenvalue weighted by Gasteiger charge is 2.34. The minimum atomic E-state index is -0.282. The van der Waals surface area contributed by atoms with Crippen molar-refractivity contribution in [3.8, 4) is 5.75 Å². The van der Waals surface area contributed by atoms with Crippen LogP contribution in [-0.4, -0.2) is 12.5 Å². The number of ether oxygens (including phenoxy) is 1. The van der Waals surface area contributed by atoms with Gasteiger partial charge in [-0.15, -0.1) is 0 Å². The van der Waals surface area contributed by atoms with Crippen LogP contribution in [-0.2, 0) is 0 Å². The zero-order valence-electron chi connectivity index (χ0n) is 19.2. The molecule has 3 aromatic rings. The molecule has 1 heterocycles. The third kappa shape index (κ3) is 4.64. The van der Waals surface area contributed by atoms with Gasteiger partial charge in [0.25, 0.3) is 5.91 Å². The molecule has 1 atom stereocenters. The first-order valence-corrected chi connectivity index (χ1v) is 11.6. The van der Waals surface area contributed by atoms with Gasteiger partial charge in [-0.05, 0) is 59.9 Å². The number of hydrogen-bond acceptors (Lipinski definition) is 3. The lowest BCUT2D eigenvalue weighted by atomic mass is 9.98. The van der Waals surface area contributed by atoms with Crippen LogP contribution in [0, 0.1) is 0 Å². The fourth-order valence-electron chi connectivity index (χ4n) is 4.06. The van der Waals surface area contributed by atoms with Crippen LogP contribution >= 0.6 is 0 Å². The number of nitrogens with one attached hydrogen (secondary N) is 1. The molecule has 0 aliphatic carbocycles. The third-order valence-electron chi connectivity index (χ3n) is 5.98. The smallest absolute Gasteiger partial charge is 0.262 e. The Hall–Kier alpha value is -3.27. The fourth-order valence-corrected chi connectivity index (χ4v) is 4.06. The summed E-state index contributed by atoms with van der Waals surface area (Å²) in [5.41, 5.74) is 4.73. The monoisotopic (exact) mass is 428 g/mol. The van der Waals surface area contributed by atoms with Gasteiger partial charge in [-0.2, -0.15) is 0 Å². The first kappa shape index (κ1) is 21.9. The molecule has 4 heteroatoms. The lowest BCUT2D eigenvalue weighted by Gasteiger charge is -2.38. The summed E-state index contributed by atoms with van der Waals surface area (Å²) in [6, 6.07) is 24.1. The normalized spacial score (nSPS) is 15.4. The SMILES string of the molecule is CCCCCOc1ccc(N2C(=O)c3ccccc3N[C@H]2c2ccc(C(C)C)cc2)cc1. The number of para-hydroxylation sites is 1. The summed E-state index contributed by atoms with van der Waals surface area (Å²) >= 11 is 0. The van der Waals surface area contributed by atoms with Crippen molar-refractivity contribution in [2.75, 3.05) is 16.8 Å². The number of hydrogen-bond donors (Lipinski definition) is 1. The summed E-state index contributed by atoms with van der Waals surface area (Å²) in [6.45, 7) is 7.27. The highest BCUT2D eigenvalue weighted by Crippen LogP contribution is 2.37. The highest BCUT2D eigenvalue weighted by molar-refractivity contribution is 6.12. The van der Waals surface area contributed by atoms with Gasteiger partial charge in [0, 0.05) is 11.4 Å². The molecule has 0 aromatic heterocycles. The first-order chi connectivity index (χ1) is 15.6. The van der Waals surface area contributed by atoms with E-state index in [2.05, 4.69) is 50.4 Å². The topological polar surface area (TPSA) is 41.6 Å². The van der Waals surface area contributed by atoms with Gasteiger partial charge in [0.2, 0.25) is 0 Å². The van der Waals surface area contributed by atoms with Gasteiger partial charge in [0.15, 0.2) is 0 Å². The number of fused-ring (bicyclic) bond motifs is 1. The van der Waals surface area contributed by atoms with Crippen LogP contribution in [0.5, 0.6) is 5.75 Å². The quantitative estimate of drug-likeness (QED) is 0.387. The summed E-state index contributed by atoms with van der Waals surface area (Å²) in [5, 5.41) is 3.58. The van der Waals surface area contributed by atoms with E-state index in [1.165, 1.54) is 18.4 Å². The van der Waals surface area contributed by atoms with Crippen molar-refractivity contribution in [2.45, 2.75) is 52.1 Å². The molecule has 166 valence electrons. The Labute approximate surface area is 191 Å². The van der Waals surface area contributed by atoms with E-state index in [4.69, 9.17) is 4.74 Å². The van der Waals surface area contributed by atoms with Crippen LogP contribution in [0.3, 0.4) is 0 Å². The third-order valence-corrected chi connectivity index (χ3v) is 5.98. The predicted molar refractivity (Wildman–Crippen MR) is 132 cm³/mol. The Morgan fingerprint density at radius 2 is 1.66 bits per heavy atom. The molecule has 1 N–H and O–H groups in total. The van der Waals surface area contributed by atoms with E-state index in [9.17, 15) is 4.79 Å². The largest absolute Gasteiger partial charge is 0.494 e. The number of amides is 1. The Morgan fingerprint density at radius 3 is 2.34 bits per heavy atom. The van der Waals surface area contributed by atoms with E-state index in [-0.39, 0.29) is 12.1 Å². The summed E-state index contributed by atoms with van der Waals surface area (Å²) in [4.78, 5) is 15.4. The molecule has 1 aliphatic rings. The maximum Gasteiger partial charge on any atom is 0.262 e. The Balaban J connectivity index is 1.64. The average Bonchev–Trinajstić information content (AvgIpc) is 2.82.